The number of benzene rings is 6. The first-order valence-corrected chi connectivity index (χ1v) is 15.6. The largest absolute Gasteiger partial charge is 0.489 e. The van der Waals surface area contributed by atoms with E-state index >= 15 is 0 Å². The second kappa shape index (κ2) is 14.7. The van der Waals surface area contributed by atoms with Gasteiger partial charge in [0, 0.05) is 30.8 Å². The van der Waals surface area contributed by atoms with Gasteiger partial charge >= 0.3 is 5.97 Å². The van der Waals surface area contributed by atoms with E-state index in [0.29, 0.717) is 39.3 Å². The van der Waals surface area contributed by atoms with Gasteiger partial charge in [-0.05, 0) is 51.2 Å². The lowest BCUT2D eigenvalue weighted by Gasteiger charge is -2.25. The average Bonchev–Trinajstić information content (AvgIpc) is 3.09. The van der Waals surface area contributed by atoms with E-state index in [2.05, 4.69) is 77.7 Å². The summed E-state index contributed by atoms with van der Waals surface area (Å²) in [7, 11) is 0. The lowest BCUT2D eigenvalue weighted by atomic mass is 10.1. The molecule has 0 fully saturated rings. The molecule has 46 heavy (non-hydrogen) atoms. The normalized spacial score (nSPS) is 12.0. The predicted molar refractivity (Wildman–Crippen MR) is 184 cm³/mol. The molecule has 6 nitrogen and oxygen atoms in total. The van der Waals surface area contributed by atoms with Crippen molar-refractivity contribution in [1.82, 2.24) is 4.90 Å². The molecule has 6 aromatic rings. The topological polar surface area (TPSA) is 85.0 Å². The van der Waals surface area contributed by atoms with Gasteiger partial charge in [-0.3, -0.25) is 9.69 Å². The summed E-state index contributed by atoms with van der Waals surface area (Å²) in [6, 6.07) is 44.3. The highest BCUT2D eigenvalue weighted by Crippen LogP contribution is 2.28. The maximum absolute atomic E-state index is 11.6. The van der Waals surface area contributed by atoms with Gasteiger partial charge in [0.2, 0.25) is 0 Å². The van der Waals surface area contributed by atoms with Crippen molar-refractivity contribution >= 4 is 27.5 Å². The van der Waals surface area contributed by atoms with Crippen molar-refractivity contribution in [3.8, 4) is 11.5 Å². The van der Waals surface area contributed by atoms with E-state index in [0.717, 1.165) is 33.8 Å². The van der Waals surface area contributed by atoms with Crippen LogP contribution in [-0.4, -0.2) is 28.6 Å². The average molecular weight is 611 g/mol. The van der Waals surface area contributed by atoms with E-state index < -0.39 is 12.0 Å². The molecule has 1 atom stereocenters. The number of nitrogens with zero attached hydrogens (tertiary/aromatic N) is 1. The summed E-state index contributed by atoms with van der Waals surface area (Å²) < 4.78 is 12.8. The fourth-order valence-electron chi connectivity index (χ4n) is 5.84. The molecule has 0 saturated heterocycles. The van der Waals surface area contributed by atoms with Gasteiger partial charge in [-0.1, -0.05) is 121 Å². The van der Waals surface area contributed by atoms with Crippen molar-refractivity contribution in [3.05, 3.63) is 156 Å². The van der Waals surface area contributed by atoms with E-state index in [1.54, 1.807) is 0 Å². The van der Waals surface area contributed by atoms with E-state index in [1.165, 1.54) is 21.5 Å². The zero-order chi connectivity index (χ0) is 31.7. The molecule has 0 aliphatic heterocycles. The minimum Gasteiger partial charge on any atom is -0.489 e. The Hall–Kier alpha value is -5.17. The number of aliphatic carboxylic acids is 1. The van der Waals surface area contributed by atoms with Crippen LogP contribution in [-0.2, 0) is 31.1 Å². The van der Waals surface area contributed by atoms with Crippen LogP contribution < -0.4 is 15.2 Å². The van der Waals surface area contributed by atoms with E-state index in [1.807, 2.05) is 60.7 Å². The van der Waals surface area contributed by atoms with Crippen LogP contribution in [0.25, 0.3) is 21.5 Å². The first-order valence-electron chi connectivity index (χ1n) is 15.6. The van der Waals surface area contributed by atoms with Gasteiger partial charge < -0.3 is 20.3 Å². The number of carboxylic acid groups (broad SMARTS) is 1. The fraction of sp³-hybridized carbons (Fsp3) is 0.175. The number of hydrogen-bond donors (Lipinski definition) is 2. The van der Waals surface area contributed by atoms with Crippen molar-refractivity contribution in [1.29, 1.82) is 0 Å². The zero-order valence-electron chi connectivity index (χ0n) is 25.7. The van der Waals surface area contributed by atoms with Crippen molar-refractivity contribution in [2.45, 2.75) is 38.8 Å². The first kappa shape index (κ1) is 30.8. The van der Waals surface area contributed by atoms with Crippen LogP contribution >= 0.6 is 0 Å². The van der Waals surface area contributed by atoms with Gasteiger partial charge in [0.25, 0.3) is 0 Å². The Bertz CT molecular complexity index is 1800. The highest BCUT2D eigenvalue weighted by Gasteiger charge is 2.18. The Balaban J connectivity index is 1.21. The van der Waals surface area contributed by atoms with E-state index in [9.17, 15) is 9.90 Å². The molecule has 6 aromatic carbocycles. The molecule has 3 N–H and O–H groups in total. The van der Waals surface area contributed by atoms with Crippen LogP contribution in [0.2, 0.25) is 0 Å². The number of ether oxygens (including phenoxy) is 2. The molecular weight excluding hydrogens is 572 g/mol. The SMILES string of the molecule is N[C@@H](CCN(Cc1ccccc1OCc1cccc2ccccc12)Cc1ccccc1OCc1cccc2ccccc12)C(=O)O. The number of carboxylic acids is 1. The molecule has 0 aromatic heterocycles. The second-order valence-electron chi connectivity index (χ2n) is 11.5. The van der Waals surface area contributed by atoms with Gasteiger partial charge in [0.15, 0.2) is 0 Å². The van der Waals surface area contributed by atoms with Crippen LogP contribution in [0.5, 0.6) is 11.5 Å². The lowest BCUT2D eigenvalue weighted by Crippen LogP contribution is -2.35. The summed E-state index contributed by atoms with van der Waals surface area (Å²) in [5.74, 6) is 0.588. The Labute approximate surface area is 269 Å². The molecule has 232 valence electrons. The highest BCUT2D eigenvalue weighted by molar-refractivity contribution is 5.86. The van der Waals surface area contributed by atoms with Crippen LogP contribution in [0, 0.1) is 0 Å². The summed E-state index contributed by atoms with van der Waals surface area (Å²) in [5.41, 5.74) is 10.2. The molecule has 0 aliphatic carbocycles. The number of nitrogens with two attached hydrogens (primary N) is 1. The molecule has 0 spiro atoms. The van der Waals surface area contributed by atoms with Crippen molar-refractivity contribution in [2.24, 2.45) is 5.73 Å². The number of hydrogen-bond acceptors (Lipinski definition) is 5. The lowest BCUT2D eigenvalue weighted by molar-refractivity contribution is -0.138. The third-order valence-corrected chi connectivity index (χ3v) is 8.33. The zero-order valence-corrected chi connectivity index (χ0v) is 25.7. The van der Waals surface area contributed by atoms with Crippen molar-refractivity contribution < 1.29 is 19.4 Å². The van der Waals surface area contributed by atoms with Crippen LogP contribution in [0.1, 0.15) is 28.7 Å². The summed E-state index contributed by atoms with van der Waals surface area (Å²) in [5, 5.41) is 14.2. The van der Waals surface area contributed by atoms with Gasteiger partial charge in [0.05, 0.1) is 0 Å². The number of rotatable bonds is 14. The number of carbonyl (C=O) groups is 1. The highest BCUT2D eigenvalue weighted by atomic mass is 16.5. The molecular formula is C40H38N2O4. The summed E-state index contributed by atoms with van der Waals surface area (Å²) >= 11 is 0. The second-order valence-corrected chi connectivity index (χ2v) is 11.5. The Morgan fingerprint density at radius 2 is 1.00 bits per heavy atom. The van der Waals surface area contributed by atoms with Gasteiger partial charge in [-0.2, -0.15) is 0 Å². The van der Waals surface area contributed by atoms with E-state index in [4.69, 9.17) is 15.2 Å². The third kappa shape index (κ3) is 7.54. The van der Waals surface area contributed by atoms with Gasteiger partial charge in [-0.15, -0.1) is 0 Å². The first-order chi connectivity index (χ1) is 22.5. The third-order valence-electron chi connectivity index (χ3n) is 8.33. The maximum Gasteiger partial charge on any atom is 0.320 e. The van der Waals surface area contributed by atoms with Crippen LogP contribution in [0.3, 0.4) is 0 Å². The van der Waals surface area contributed by atoms with Crippen molar-refractivity contribution in [2.75, 3.05) is 6.54 Å². The van der Waals surface area contributed by atoms with Crippen LogP contribution in [0.4, 0.5) is 0 Å². The summed E-state index contributed by atoms with van der Waals surface area (Å²) in [6.07, 6.45) is 0.313. The fourth-order valence-corrected chi connectivity index (χ4v) is 5.84. The van der Waals surface area contributed by atoms with Crippen molar-refractivity contribution in [3.63, 3.8) is 0 Å². The number of para-hydroxylation sites is 2. The Morgan fingerprint density at radius 3 is 1.50 bits per heavy atom. The summed E-state index contributed by atoms with van der Waals surface area (Å²) in [6.45, 7) is 2.47. The van der Waals surface area contributed by atoms with Crippen LogP contribution in [0.15, 0.2) is 133 Å². The molecule has 6 heteroatoms. The molecule has 0 bridgehead atoms. The number of fused-ring (bicyclic) bond motifs is 2. The van der Waals surface area contributed by atoms with Gasteiger partial charge in [0.1, 0.15) is 30.8 Å². The van der Waals surface area contributed by atoms with Gasteiger partial charge in [-0.25, -0.2) is 0 Å². The van der Waals surface area contributed by atoms with E-state index in [-0.39, 0.29) is 0 Å². The molecule has 6 rings (SSSR count). The molecule has 0 saturated carbocycles. The predicted octanol–water partition coefficient (Wildman–Crippen LogP) is 7.96. The molecule has 0 unspecified atom stereocenters. The molecule has 0 amide bonds. The summed E-state index contributed by atoms with van der Waals surface area (Å²) in [4.78, 5) is 13.8. The minimum absolute atomic E-state index is 0.313. The maximum atomic E-state index is 11.6. The quantitative estimate of drug-likeness (QED) is 0.130. The Morgan fingerprint density at radius 1 is 0.587 bits per heavy atom. The molecule has 0 radical (unpaired) electrons. The standard InChI is InChI=1S/C40H38N2O4/c41-37(40(43)44)23-24-42(25-31-13-3-7-21-38(31)45-27-33-17-9-15-29-11-1-5-19-35(29)33)26-32-14-4-8-22-39(32)46-28-34-18-10-16-30-12-2-6-20-36(30)34/h1-22,37H,23-28,41H2,(H,43,44)/t37-/m0/s1. The minimum atomic E-state index is -1.00. The smallest absolute Gasteiger partial charge is 0.320 e. The monoisotopic (exact) mass is 610 g/mol. The Kier molecular flexibility index (Phi) is 9.88. The molecule has 0 aliphatic rings. The molecule has 0 heterocycles.